The molecule has 0 fully saturated rings. The number of aromatic nitrogens is 1. The molecule has 1 atom stereocenters. The van der Waals surface area contributed by atoms with Gasteiger partial charge in [0, 0.05) is 10.0 Å². The van der Waals surface area contributed by atoms with Gasteiger partial charge in [-0.15, -0.1) is 0 Å². The van der Waals surface area contributed by atoms with E-state index in [1.54, 1.807) is 45.0 Å². The molecule has 1 aromatic heterocycles. The largest absolute Gasteiger partial charge is 0.481 e. The van der Waals surface area contributed by atoms with E-state index in [-0.39, 0.29) is 25.4 Å². The molecule has 0 bridgehead atoms. The molecule has 8 nitrogen and oxygen atoms in total. The molecular formula is C28H27BrN2O6S. The van der Waals surface area contributed by atoms with E-state index in [1.807, 2.05) is 31.2 Å². The van der Waals surface area contributed by atoms with Crippen LogP contribution in [0.15, 0.2) is 68.0 Å². The normalized spacial score (nSPS) is 15.1. The minimum atomic E-state index is -0.685. The van der Waals surface area contributed by atoms with E-state index in [9.17, 15) is 14.4 Å². The van der Waals surface area contributed by atoms with Crippen molar-refractivity contribution in [1.82, 2.24) is 4.57 Å². The first-order valence-corrected chi connectivity index (χ1v) is 13.7. The van der Waals surface area contributed by atoms with Crippen LogP contribution in [0.5, 0.6) is 5.75 Å². The number of thiazole rings is 1. The molecular weight excluding hydrogens is 572 g/mol. The van der Waals surface area contributed by atoms with Crippen LogP contribution in [0.1, 0.15) is 43.5 Å². The lowest BCUT2D eigenvalue weighted by Gasteiger charge is -2.24. The van der Waals surface area contributed by atoms with Gasteiger partial charge < -0.3 is 14.2 Å². The Labute approximate surface area is 232 Å². The van der Waals surface area contributed by atoms with Crippen LogP contribution in [0.4, 0.5) is 0 Å². The number of ether oxygens (including phenoxy) is 3. The van der Waals surface area contributed by atoms with Crippen LogP contribution in [0.2, 0.25) is 0 Å². The molecule has 0 radical (unpaired) electrons. The van der Waals surface area contributed by atoms with Crippen LogP contribution in [0, 0.1) is 6.92 Å². The van der Waals surface area contributed by atoms with E-state index in [4.69, 9.17) is 14.2 Å². The number of aryl methyl sites for hydroxylation is 1. The van der Waals surface area contributed by atoms with Crippen LogP contribution in [-0.2, 0) is 19.1 Å². The molecule has 38 heavy (non-hydrogen) atoms. The van der Waals surface area contributed by atoms with Crippen LogP contribution < -0.4 is 19.6 Å². The molecule has 0 amide bonds. The van der Waals surface area contributed by atoms with Gasteiger partial charge in [-0.2, -0.15) is 0 Å². The Morgan fingerprint density at radius 2 is 1.79 bits per heavy atom. The van der Waals surface area contributed by atoms with Gasteiger partial charge >= 0.3 is 11.9 Å². The summed E-state index contributed by atoms with van der Waals surface area (Å²) in [6.07, 6.45) is 1.70. The maximum Gasteiger partial charge on any atom is 0.344 e. The number of nitrogens with zero attached hydrogens (tertiary/aromatic N) is 2. The number of hydrogen-bond donors (Lipinski definition) is 0. The first-order chi connectivity index (χ1) is 18.2. The van der Waals surface area contributed by atoms with Crippen LogP contribution >= 0.6 is 27.3 Å². The van der Waals surface area contributed by atoms with Gasteiger partial charge in [0.1, 0.15) is 5.75 Å². The summed E-state index contributed by atoms with van der Waals surface area (Å²) in [4.78, 5) is 43.7. The highest BCUT2D eigenvalue weighted by Crippen LogP contribution is 2.31. The first-order valence-electron chi connectivity index (χ1n) is 12.1. The molecule has 0 unspecified atom stereocenters. The van der Waals surface area contributed by atoms with Crippen molar-refractivity contribution in [2.45, 2.75) is 33.7 Å². The molecule has 3 aromatic rings. The molecule has 1 aliphatic heterocycles. The van der Waals surface area contributed by atoms with E-state index < -0.39 is 18.0 Å². The second-order valence-corrected chi connectivity index (χ2v) is 10.4. The van der Waals surface area contributed by atoms with Gasteiger partial charge in [-0.3, -0.25) is 9.36 Å². The zero-order chi connectivity index (χ0) is 27.4. The van der Waals surface area contributed by atoms with Crippen molar-refractivity contribution in [2.75, 3.05) is 19.8 Å². The lowest BCUT2D eigenvalue weighted by molar-refractivity contribution is -0.145. The molecule has 198 valence electrons. The number of fused-ring (bicyclic) bond motifs is 1. The minimum Gasteiger partial charge on any atom is -0.481 e. The maximum absolute atomic E-state index is 13.8. The zero-order valence-electron chi connectivity index (χ0n) is 21.4. The minimum absolute atomic E-state index is 0.206. The fourth-order valence-corrected chi connectivity index (χ4v) is 5.52. The Morgan fingerprint density at radius 3 is 2.47 bits per heavy atom. The SMILES string of the molecule is CCOC(=O)COc1ccc(Br)cc1/C=c1\sc2n(c1=O)[C@@H](c1ccc(C)cc1)C(C(=O)OCC)=C(C)N=2. The lowest BCUT2D eigenvalue weighted by atomic mass is 9.95. The Morgan fingerprint density at radius 1 is 1.08 bits per heavy atom. The van der Waals surface area contributed by atoms with Crippen LogP contribution in [0.3, 0.4) is 0 Å². The third kappa shape index (κ3) is 5.81. The predicted octanol–water partition coefficient (Wildman–Crippen LogP) is 3.81. The molecule has 0 saturated heterocycles. The Balaban J connectivity index is 1.86. The van der Waals surface area contributed by atoms with Gasteiger partial charge in [0.2, 0.25) is 0 Å². The second kappa shape index (κ2) is 11.9. The summed E-state index contributed by atoms with van der Waals surface area (Å²) >= 11 is 4.67. The fourth-order valence-electron chi connectivity index (χ4n) is 4.10. The highest BCUT2D eigenvalue weighted by molar-refractivity contribution is 9.10. The van der Waals surface area contributed by atoms with Crippen LogP contribution in [-0.4, -0.2) is 36.3 Å². The van der Waals surface area contributed by atoms with E-state index in [1.165, 1.54) is 15.9 Å². The molecule has 0 aliphatic carbocycles. The van der Waals surface area contributed by atoms with Crippen molar-refractivity contribution in [3.63, 3.8) is 0 Å². The number of benzene rings is 2. The summed E-state index contributed by atoms with van der Waals surface area (Å²) in [6, 6.07) is 12.3. The number of carbonyl (C=O) groups excluding carboxylic acids is 2. The van der Waals surface area contributed by atoms with Gasteiger partial charge in [-0.1, -0.05) is 57.1 Å². The van der Waals surface area contributed by atoms with E-state index >= 15 is 0 Å². The summed E-state index contributed by atoms with van der Waals surface area (Å²) in [5.41, 5.74) is 2.97. The summed E-state index contributed by atoms with van der Waals surface area (Å²) in [5, 5.41) is 0. The third-order valence-corrected chi connectivity index (χ3v) is 7.30. The molecule has 0 N–H and O–H groups in total. The van der Waals surface area contributed by atoms with Crippen molar-refractivity contribution in [3.8, 4) is 5.75 Å². The Kier molecular flexibility index (Phi) is 8.63. The number of allylic oxidation sites excluding steroid dienone is 1. The van der Waals surface area contributed by atoms with Gasteiger partial charge in [-0.25, -0.2) is 14.6 Å². The number of carbonyl (C=O) groups is 2. The fraction of sp³-hybridized carbons (Fsp3) is 0.286. The average molecular weight is 600 g/mol. The predicted molar refractivity (Wildman–Crippen MR) is 148 cm³/mol. The Bertz CT molecular complexity index is 1590. The standard InChI is InChI=1S/C28H27BrN2O6S/c1-5-35-23(32)15-37-21-12-11-20(29)13-19(21)14-22-26(33)31-25(18-9-7-16(3)8-10-18)24(27(34)36-6-2)17(4)30-28(31)38-22/h7-14,25H,5-6,15H2,1-4H3/b22-14-/t25-/m0/s1. The smallest absolute Gasteiger partial charge is 0.344 e. The molecule has 0 spiro atoms. The molecule has 2 heterocycles. The van der Waals surface area contributed by atoms with E-state index in [0.717, 1.165) is 15.6 Å². The molecule has 0 saturated carbocycles. The highest BCUT2D eigenvalue weighted by Gasteiger charge is 2.33. The summed E-state index contributed by atoms with van der Waals surface area (Å²) in [6.45, 7) is 7.39. The zero-order valence-corrected chi connectivity index (χ0v) is 23.9. The van der Waals surface area contributed by atoms with Crippen molar-refractivity contribution in [1.29, 1.82) is 0 Å². The molecule has 4 rings (SSSR count). The molecule has 2 aromatic carbocycles. The van der Waals surface area contributed by atoms with Gasteiger partial charge in [-0.05, 0) is 57.5 Å². The second-order valence-electron chi connectivity index (χ2n) is 8.49. The maximum atomic E-state index is 13.8. The first kappa shape index (κ1) is 27.5. The van der Waals surface area contributed by atoms with Gasteiger partial charge in [0.25, 0.3) is 5.56 Å². The lowest BCUT2D eigenvalue weighted by Crippen LogP contribution is -2.39. The third-order valence-electron chi connectivity index (χ3n) is 5.82. The van der Waals surface area contributed by atoms with E-state index in [0.29, 0.717) is 31.9 Å². The molecule has 10 heteroatoms. The van der Waals surface area contributed by atoms with Crippen molar-refractivity contribution in [2.24, 2.45) is 4.99 Å². The van der Waals surface area contributed by atoms with Crippen molar-refractivity contribution < 1.29 is 23.8 Å². The summed E-state index contributed by atoms with van der Waals surface area (Å²) < 4.78 is 18.7. The quantitative estimate of drug-likeness (QED) is 0.366. The van der Waals surface area contributed by atoms with Gasteiger partial charge in [0.05, 0.1) is 35.1 Å². The van der Waals surface area contributed by atoms with Crippen molar-refractivity contribution >= 4 is 45.3 Å². The monoisotopic (exact) mass is 598 g/mol. The number of hydrogen-bond acceptors (Lipinski definition) is 8. The number of halogens is 1. The summed E-state index contributed by atoms with van der Waals surface area (Å²) in [7, 11) is 0. The van der Waals surface area contributed by atoms with Gasteiger partial charge in [0.15, 0.2) is 11.4 Å². The van der Waals surface area contributed by atoms with E-state index in [2.05, 4.69) is 20.9 Å². The molecule has 1 aliphatic rings. The Hall–Kier alpha value is -3.50. The number of esters is 2. The highest BCUT2D eigenvalue weighted by atomic mass is 79.9. The topological polar surface area (TPSA) is 96.2 Å². The van der Waals surface area contributed by atoms with Crippen LogP contribution in [0.25, 0.3) is 6.08 Å². The number of rotatable bonds is 8. The van der Waals surface area contributed by atoms with Crippen molar-refractivity contribution in [3.05, 3.63) is 94.6 Å². The summed E-state index contributed by atoms with van der Waals surface area (Å²) in [5.74, 6) is -0.568. The average Bonchev–Trinajstić information content (AvgIpc) is 3.17.